The molecule has 6 nitrogen and oxygen atoms in total. The molecule has 1 saturated heterocycles. The highest BCUT2D eigenvalue weighted by molar-refractivity contribution is 7.99. The summed E-state index contributed by atoms with van der Waals surface area (Å²) < 4.78 is 5.34. The molecule has 1 fully saturated rings. The molecule has 0 radical (unpaired) electrons. The lowest BCUT2D eigenvalue weighted by atomic mass is 10.1. The Labute approximate surface area is 146 Å². The van der Waals surface area contributed by atoms with Crippen molar-refractivity contribution in [2.45, 2.75) is 24.3 Å². The van der Waals surface area contributed by atoms with Gasteiger partial charge >= 0.3 is 0 Å². The Kier molecular flexibility index (Phi) is 5.76. The van der Waals surface area contributed by atoms with Gasteiger partial charge < -0.3 is 15.4 Å². The first-order valence-electron chi connectivity index (χ1n) is 8.29. The van der Waals surface area contributed by atoms with Gasteiger partial charge in [0.15, 0.2) is 0 Å². The largest absolute Gasteiger partial charge is 0.379 e. The van der Waals surface area contributed by atoms with Gasteiger partial charge in [0.2, 0.25) is 5.91 Å². The van der Waals surface area contributed by atoms with Crippen LogP contribution in [0.4, 0.5) is 5.69 Å². The lowest BCUT2D eigenvalue weighted by Crippen LogP contribution is -2.46. The van der Waals surface area contributed by atoms with Crippen LogP contribution in [0.3, 0.4) is 0 Å². The summed E-state index contributed by atoms with van der Waals surface area (Å²) in [6.07, 6.45) is 0.497. The Morgan fingerprint density at radius 2 is 2.21 bits per heavy atom. The zero-order chi connectivity index (χ0) is 16.9. The Hall–Kier alpha value is -1.57. The molecule has 0 spiro atoms. The van der Waals surface area contributed by atoms with Gasteiger partial charge in [0.25, 0.3) is 5.91 Å². The number of amides is 2. The molecule has 1 atom stereocenters. The summed E-state index contributed by atoms with van der Waals surface area (Å²) in [5.41, 5.74) is 1.31. The second-order valence-electron chi connectivity index (χ2n) is 6.15. The van der Waals surface area contributed by atoms with Crippen molar-refractivity contribution in [3.8, 4) is 0 Å². The van der Waals surface area contributed by atoms with Crippen LogP contribution in [0.1, 0.15) is 23.7 Å². The van der Waals surface area contributed by atoms with Crippen molar-refractivity contribution >= 4 is 29.3 Å². The predicted molar refractivity (Wildman–Crippen MR) is 94.6 cm³/mol. The van der Waals surface area contributed by atoms with E-state index in [4.69, 9.17) is 4.74 Å². The molecular weight excluding hydrogens is 326 g/mol. The van der Waals surface area contributed by atoms with Gasteiger partial charge in [-0.15, -0.1) is 11.8 Å². The van der Waals surface area contributed by atoms with Crippen molar-refractivity contribution < 1.29 is 14.3 Å². The first-order valence-corrected chi connectivity index (χ1v) is 9.28. The van der Waals surface area contributed by atoms with Gasteiger partial charge in [-0.25, -0.2) is 0 Å². The summed E-state index contributed by atoms with van der Waals surface area (Å²) in [4.78, 5) is 27.5. The van der Waals surface area contributed by atoms with E-state index in [-0.39, 0.29) is 17.9 Å². The molecule has 2 heterocycles. The standard InChI is InChI=1S/C17H23N3O3S/c1-12(11-20-5-7-23-8-6-20)18-17(22)13-2-3-15-14(10-13)19-16(21)4-9-24-15/h2-3,10,12H,4-9,11H2,1H3,(H,18,22)(H,19,21). The van der Waals surface area contributed by atoms with Gasteiger partial charge in [0, 0.05) is 48.3 Å². The molecule has 1 unspecified atom stereocenters. The number of rotatable bonds is 4. The Bertz CT molecular complexity index is 617. The number of anilines is 1. The minimum atomic E-state index is -0.109. The number of carbonyl (C=O) groups excluding carboxylic acids is 2. The molecule has 130 valence electrons. The van der Waals surface area contributed by atoms with Crippen molar-refractivity contribution in [1.82, 2.24) is 10.2 Å². The van der Waals surface area contributed by atoms with Crippen LogP contribution in [0.2, 0.25) is 0 Å². The predicted octanol–water partition coefficient (Wildman–Crippen LogP) is 1.57. The Morgan fingerprint density at radius 3 is 3.00 bits per heavy atom. The van der Waals surface area contributed by atoms with Crippen molar-refractivity contribution in [1.29, 1.82) is 0 Å². The fourth-order valence-electron chi connectivity index (χ4n) is 2.88. The van der Waals surface area contributed by atoms with E-state index in [1.54, 1.807) is 17.8 Å². The van der Waals surface area contributed by atoms with Crippen LogP contribution in [-0.2, 0) is 9.53 Å². The smallest absolute Gasteiger partial charge is 0.251 e. The number of nitrogens with zero attached hydrogens (tertiary/aromatic N) is 1. The van der Waals surface area contributed by atoms with Crippen molar-refractivity contribution in [3.63, 3.8) is 0 Å². The van der Waals surface area contributed by atoms with Gasteiger partial charge in [0.1, 0.15) is 0 Å². The number of ether oxygens (including phenoxy) is 1. The molecule has 2 aliphatic rings. The molecule has 1 aromatic rings. The quantitative estimate of drug-likeness (QED) is 0.863. The summed E-state index contributed by atoms with van der Waals surface area (Å²) in [6.45, 7) is 6.14. The number of hydrogen-bond donors (Lipinski definition) is 2. The molecule has 7 heteroatoms. The maximum absolute atomic E-state index is 12.5. The lowest BCUT2D eigenvalue weighted by molar-refractivity contribution is -0.115. The summed E-state index contributed by atoms with van der Waals surface area (Å²) in [6, 6.07) is 5.55. The maximum Gasteiger partial charge on any atom is 0.251 e. The number of carbonyl (C=O) groups is 2. The van der Waals surface area contributed by atoms with Gasteiger partial charge in [-0.05, 0) is 25.1 Å². The van der Waals surface area contributed by atoms with Crippen LogP contribution in [-0.4, -0.2) is 61.4 Å². The third kappa shape index (κ3) is 4.49. The number of benzene rings is 1. The number of morpholine rings is 1. The van der Waals surface area contributed by atoms with Gasteiger partial charge in [-0.3, -0.25) is 14.5 Å². The third-order valence-electron chi connectivity index (χ3n) is 4.12. The van der Waals surface area contributed by atoms with E-state index in [0.29, 0.717) is 12.0 Å². The minimum Gasteiger partial charge on any atom is -0.379 e. The van der Waals surface area contributed by atoms with E-state index in [2.05, 4.69) is 15.5 Å². The molecule has 24 heavy (non-hydrogen) atoms. The molecule has 0 bridgehead atoms. The summed E-state index contributed by atoms with van der Waals surface area (Å²) >= 11 is 1.64. The number of thioether (sulfide) groups is 1. The minimum absolute atomic E-state index is 0.000469. The average Bonchev–Trinajstić information content (AvgIpc) is 2.75. The van der Waals surface area contributed by atoms with Crippen molar-refractivity contribution in [2.75, 3.05) is 43.9 Å². The third-order valence-corrected chi connectivity index (χ3v) is 5.19. The van der Waals surface area contributed by atoms with E-state index in [1.165, 1.54) is 0 Å². The molecule has 2 aliphatic heterocycles. The van der Waals surface area contributed by atoms with Crippen LogP contribution in [0, 0.1) is 0 Å². The van der Waals surface area contributed by atoms with E-state index in [9.17, 15) is 9.59 Å². The molecule has 0 aliphatic carbocycles. The Balaban J connectivity index is 1.61. The highest BCUT2D eigenvalue weighted by atomic mass is 32.2. The first kappa shape index (κ1) is 17.3. The summed E-state index contributed by atoms with van der Waals surface area (Å²) in [5, 5.41) is 5.91. The second-order valence-corrected chi connectivity index (χ2v) is 7.28. The number of nitrogens with one attached hydrogen (secondary N) is 2. The van der Waals surface area contributed by atoms with Crippen molar-refractivity contribution in [2.24, 2.45) is 0 Å². The first-order chi connectivity index (χ1) is 11.6. The monoisotopic (exact) mass is 349 g/mol. The fraction of sp³-hybridized carbons (Fsp3) is 0.529. The topological polar surface area (TPSA) is 70.7 Å². The van der Waals surface area contributed by atoms with Gasteiger partial charge in [-0.2, -0.15) is 0 Å². The lowest BCUT2D eigenvalue weighted by Gasteiger charge is -2.29. The van der Waals surface area contributed by atoms with E-state index in [0.717, 1.165) is 49.2 Å². The van der Waals surface area contributed by atoms with Crippen LogP contribution in [0.5, 0.6) is 0 Å². The Morgan fingerprint density at radius 1 is 1.42 bits per heavy atom. The summed E-state index contributed by atoms with van der Waals surface area (Å²) in [7, 11) is 0. The van der Waals surface area contributed by atoms with E-state index < -0.39 is 0 Å². The van der Waals surface area contributed by atoms with Gasteiger partial charge in [-0.1, -0.05) is 0 Å². The summed E-state index contributed by atoms with van der Waals surface area (Å²) in [5.74, 6) is 0.655. The molecule has 1 aromatic carbocycles. The highest BCUT2D eigenvalue weighted by Gasteiger charge is 2.18. The van der Waals surface area contributed by atoms with Crippen LogP contribution < -0.4 is 10.6 Å². The normalized spacial score (nSPS) is 19.8. The molecular formula is C17H23N3O3S. The van der Waals surface area contributed by atoms with Crippen LogP contribution in [0.15, 0.2) is 23.1 Å². The van der Waals surface area contributed by atoms with Gasteiger partial charge in [0.05, 0.1) is 18.9 Å². The number of hydrogen-bond acceptors (Lipinski definition) is 5. The van der Waals surface area contributed by atoms with Crippen LogP contribution in [0.25, 0.3) is 0 Å². The SMILES string of the molecule is CC(CN1CCOCC1)NC(=O)c1ccc2c(c1)NC(=O)CCS2. The fourth-order valence-corrected chi connectivity index (χ4v) is 3.82. The zero-order valence-corrected chi connectivity index (χ0v) is 14.7. The molecule has 0 aromatic heterocycles. The molecule has 3 rings (SSSR count). The molecule has 0 saturated carbocycles. The molecule has 2 N–H and O–H groups in total. The zero-order valence-electron chi connectivity index (χ0n) is 13.8. The average molecular weight is 349 g/mol. The number of fused-ring (bicyclic) bond motifs is 1. The second kappa shape index (κ2) is 8.00. The molecule has 2 amide bonds. The highest BCUT2D eigenvalue weighted by Crippen LogP contribution is 2.31. The van der Waals surface area contributed by atoms with Crippen molar-refractivity contribution in [3.05, 3.63) is 23.8 Å². The van der Waals surface area contributed by atoms with Crippen LogP contribution >= 0.6 is 11.8 Å². The van der Waals surface area contributed by atoms with E-state index >= 15 is 0 Å². The maximum atomic E-state index is 12.5. The van der Waals surface area contributed by atoms with E-state index in [1.807, 2.05) is 19.1 Å².